The molecular formula is C19H17F4NO2. The van der Waals surface area contributed by atoms with Crippen LogP contribution in [-0.4, -0.2) is 17.6 Å². The Kier molecular flexibility index (Phi) is 4.98. The van der Waals surface area contributed by atoms with Crippen molar-refractivity contribution in [1.82, 2.24) is 4.98 Å². The number of halogens is 4. The molecule has 0 bridgehead atoms. The van der Waals surface area contributed by atoms with Crippen LogP contribution in [0.25, 0.3) is 11.1 Å². The van der Waals surface area contributed by atoms with Crippen LogP contribution in [0.1, 0.15) is 42.4 Å². The second-order valence-electron chi connectivity index (χ2n) is 6.19. The first kappa shape index (κ1) is 18.4. The summed E-state index contributed by atoms with van der Waals surface area (Å²) in [4.78, 5) is 15.9. The number of benzene rings is 1. The van der Waals surface area contributed by atoms with Crippen LogP contribution in [0, 0.1) is 5.82 Å². The van der Waals surface area contributed by atoms with E-state index in [1.807, 2.05) is 0 Å². The smallest absolute Gasteiger partial charge is 0.419 e. The summed E-state index contributed by atoms with van der Waals surface area (Å²) >= 11 is 0. The van der Waals surface area contributed by atoms with Crippen molar-refractivity contribution in [2.75, 3.05) is 6.61 Å². The fraction of sp³-hybridized carbons (Fsp3) is 0.368. The van der Waals surface area contributed by atoms with Crippen molar-refractivity contribution in [2.24, 2.45) is 0 Å². The third-order valence-corrected chi connectivity index (χ3v) is 4.58. The third-order valence-electron chi connectivity index (χ3n) is 4.58. The molecule has 1 aromatic heterocycles. The Morgan fingerprint density at radius 1 is 1.31 bits per heavy atom. The van der Waals surface area contributed by atoms with E-state index >= 15 is 0 Å². The van der Waals surface area contributed by atoms with E-state index in [-0.39, 0.29) is 18.3 Å². The number of carbonyl (C=O) groups is 1. The zero-order valence-corrected chi connectivity index (χ0v) is 14.1. The molecule has 0 amide bonds. The summed E-state index contributed by atoms with van der Waals surface area (Å²) in [6, 6.07) is 2.88. The quantitative estimate of drug-likeness (QED) is 0.571. The van der Waals surface area contributed by atoms with Gasteiger partial charge in [-0.2, -0.15) is 13.2 Å². The Hall–Kier alpha value is -2.44. The maximum atomic E-state index is 13.9. The summed E-state index contributed by atoms with van der Waals surface area (Å²) in [6.45, 7) is 2.04. The molecule has 2 aromatic rings. The van der Waals surface area contributed by atoms with Gasteiger partial charge in [0.1, 0.15) is 5.82 Å². The maximum Gasteiger partial charge on any atom is 0.419 e. The van der Waals surface area contributed by atoms with E-state index < -0.39 is 17.6 Å². The van der Waals surface area contributed by atoms with E-state index in [4.69, 9.17) is 4.74 Å². The van der Waals surface area contributed by atoms with Crippen LogP contribution in [0.2, 0.25) is 0 Å². The molecule has 26 heavy (non-hydrogen) atoms. The zero-order valence-electron chi connectivity index (χ0n) is 14.1. The molecule has 1 aliphatic rings. The van der Waals surface area contributed by atoms with Gasteiger partial charge in [-0.3, -0.25) is 9.78 Å². The topological polar surface area (TPSA) is 39.2 Å². The molecule has 3 rings (SSSR count). The average Bonchev–Trinajstić information content (AvgIpc) is 2.97. The molecule has 0 spiro atoms. The molecule has 0 saturated carbocycles. The lowest BCUT2D eigenvalue weighted by atomic mass is 9.95. The van der Waals surface area contributed by atoms with Crippen molar-refractivity contribution >= 4 is 5.97 Å². The Bertz CT molecular complexity index is 833. The summed E-state index contributed by atoms with van der Waals surface area (Å²) < 4.78 is 57.1. The van der Waals surface area contributed by atoms with Crippen LogP contribution in [0.5, 0.6) is 0 Å². The van der Waals surface area contributed by atoms with Gasteiger partial charge < -0.3 is 4.74 Å². The summed E-state index contributed by atoms with van der Waals surface area (Å²) in [5, 5.41) is 0. The summed E-state index contributed by atoms with van der Waals surface area (Å²) in [6.07, 6.45) is 0.0528. The van der Waals surface area contributed by atoms with Gasteiger partial charge in [-0.25, -0.2) is 4.39 Å². The van der Waals surface area contributed by atoms with Gasteiger partial charge in [0.25, 0.3) is 0 Å². The minimum absolute atomic E-state index is 0.0456. The number of esters is 1. The molecule has 0 radical (unpaired) electrons. The molecule has 1 heterocycles. The predicted molar refractivity (Wildman–Crippen MR) is 86.9 cm³/mol. The lowest BCUT2D eigenvalue weighted by Crippen LogP contribution is -2.09. The molecule has 1 atom stereocenters. The summed E-state index contributed by atoms with van der Waals surface area (Å²) in [7, 11) is 0. The number of alkyl halides is 3. The first-order valence-corrected chi connectivity index (χ1v) is 8.30. The van der Waals surface area contributed by atoms with Gasteiger partial charge >= 0.3 is 12.1 Å². The molecule has 138 valence electrons. The van der Waals surface area contributed by atoms with Crippen molar-refractivity contribution in [2.45, 2.75) is 38.3 Å². The largest absolute Gasteiger partial charge is 0.466 e. The van der Waals surface area contributed by atoms with Gasteiger partial charge in [0.05, 0.1) is 18.6 Å². The maximum absolute atomic E-state index is 13.9. The van der Waals surface area contributed by atoms with Crippen molar-refractivity contribution in [3.05, 3.63) is 53.1 Å². The van der Waals surface area contributed by atoms with Gasteiger partial charge in [-0.1, -0.05) is 6.07 Å². The Morgan fingerprint density at radius 2 is 2.08 bits per heavy atom. The molecular weight excluding hydrogens is 350 g/mol. The van der Waals surface area contributed by atoms with E-state index in [1.54, 1.807) is 13.1 Å². The molecule has 0 fully saturated rings. The number of pyridine rings is 1. The fourth-order valence-electron chi connectivity index (χ4n) is 3.40. The minimum atomic E-state index is -4.73. The van der Waals surface area contributed by atoms with Crippen LogP contribution in [-0.2, 0) is 22.1 Å². The normalized spacial score (nSPS) is 16.4. The number of rotatable bonds is 4. The minimum Gasteiger partial charge on any atom is -0.466 e. The van der Waals surface area contributed by atoms with Crippen molar-refractivity contribution in [3.8, 4) is 11.1 Å². The first-order chi connectivity index (χ1) is 12.3. The monoisotopic (exact) mass is 367 g/mol. The van der Waals surface area contributed by atoms with Gasteiger partial charge in [0, 0.05) is 18.0 Å². The highest BCUT2D eigenvalue weighted by molar-refractivity contribution is 5.73. The Balaban J connectivity index is 1.93. The predicted octanol–water partition coefficient (Wildman–Crippen LogP) is 4.89. The van der Waals surface area contributed by atoms with Crippen LogP contribution in [0.3, 0.4) is 0 Å². The lowest BCUT2D eigenvalue weighted by molar-refractivity contribution is -0.143. The van der Waals surface area contributed by atoms with Crippen molar-refractivity contribution < 1.29 is 27.1 Å². The van der Waals surface area contributed by atoms with Crippen LogP contribution in [0.15, 0.2) is 30.6 Å². The second kappa shape index (κ2) is 7.05. The molecule has 1 aromatic carbocycles. The van der Waals surface area contributed by atoms with Crippen molar-refractivity contribution in [3.63, 3.8) is 0 Å². The lowest BCUT2D eigenvalue weighted by Gasteiger charge is -2.13. The zero-order chi connectivity index (χ0) is 18.9. The highest BCUT2D eigenvalue weighted by atomic mass is 19.4. The van der Waals surface area contributed by atoms with Gasteiger partial charge in [0.2, 0.25) is 0 Å². The number of fused-ring (bicyclic) bond motifs is 1. The SMILES string of the molecule is CCOC(=O)CC1CCc2c(-c3ccc(C(F)(F)F)c(F)c3)cncc21. The number of aromatic nitrogens is 1. The molecule has 3 nitrogen and oxygen atoms in total. The summed E-state index contributed by atoms with van der Waals surface area (Å²) in [5.74, 6) is -1.65. The van der Waals surface area contributed by atoms with Gasteiger partial charge in [0.15, 0.2) is 0 Å². The Morgan fingerprint density at radius 3 is 2.73 bits per heavy atom. The standard InChI is InChI=1S/C19H17F4NO2/c1-2-26-18(25)8-12-3-5-13-14(9-24-10-15(12)13)11-4-6-16(17(20)7-11)19(21,22)23/h4,6-7,9-10,12H,2-3,5,8H2,1H3. The molecule has 0 saturated heterocycles. The fourth-order valence-corrected chi connectivity index (χ4v) is 3.40. The van der Waals surface area contributed by atoms with Crippen LogP contribution >= 0.6 is 0 Å². The van der Waals surface area contributed by atoms with E-state index in [0.29, 0.717) is 24.2 Å². The highest BCUT2D eigenvalue weighted by Gasteiger charge is 2.34. The average molecular weight is 367 g/mol. The number of hydrogen-bond donors (Lipinski definition) is 0. The second-order valence-corrected chi connectivity index (χ2v) is 6.19. The van der Waals surface area contributed by atoms with Gasteiger partial charge in [-0.15, -0.1) is 0 Å². The number of ether oxygens (including phenoxy) is 1. The van der Waals surface area contributed by atoms with Crippen LogP contribution < -0.4 is 0 Å². The molecule has 0 aliphatic heterocycles. The summed E-state index contributed by atoms with van der Waals surface area (Å²) in [5.41, 5.74) is 1.42. The first-order valence-electron chi connectivity index (χ1n) is 8.30. The Labute approximate surface area is 148 Å². The number of hydrogen-bond acceptors (Lipinski definition) is 3. The van der Waals surface area contributed by atoms with Gasteiger partial charge in [-0.05, 0) is 54.5 Å². The molecule has 1 aliphatic carbocycles. The van der Waals surface area contributed by atoms with Crippen LogP contribution in [0.4, 0.5) is 17.6 Å². The number of nitrogens with zero attached hydrogens (tertiary/aromatic N) is 1. The van der Waals surface area contributed by atoms with E-state index in [2.05, 4.69) is 4.98 Å². The van der Waals surface area contributed by atoms with E-state index in [0.717, 1.165) is 29.7 Å². The number of carbonyl (C=O) groups excluding carboxylic acids is 1. The van der Waals surface area contributed by atoms with E-state index in [1.165, 1.54) is 12.3 Å². The highest BCUT2D eigenvalue weighted by Crippen LogP contribution is 2.41. The molecule has 0 N–H and O–H groups in total. The third kappa shape index (κ3) is 3.57. The van der Waals surface area contributed by atoms with Crippen molar-refractivity contribution in [1.29, 1.82) is 0 Å². The molecule has 1 unspecified atom stereocenters. The van der Waals surface area contributed by atoms with E-state index in [9.17, 15) is 22.4 Å². The molecule has 7 heteroatoms.